The Hall–Kier alpha value is -2.27. The van der Waals surface area contributed by atoms with Gasteiger partial charge in [0.2, 0.25) is 0 Å². The van der Waals surface area contributed by atoms with E-state index in [1.165, 1.54) is 44.1 Å². The highest BCUT2D eigenvalue weighted by molar-refractivity contribution is 5.42. The average Bonchev–Trinajstić information content (AvgIpc) is 2.68. The number of methoxy groups -OCH3 is 1. The number of aromatic nitrogens is 1. The molecule has 1 fully saturated rings. The molecule has 1 aromatic carbocycles. The third-order valence-corrected chi connectivity index (χ3v) is 5.23. The van der Waals surface area contributed by atoms with Crippen molar-refractivity contribution in [3.8, 4) is 17.6 Å². The van der Waals surface area contributed by atoms with E-state index in [4.69, 9.17) is 4.74 Å². The molecule has 2 heteroatoms. The minimum absolute atomic E-state index is 0.735. The Morgan fingerprint density at radius 2 is 1.76 bits per heavy atom. The van der Waals surface area contributed by atoms with Gasteiger partial charge in [0.05, 0.1) is 13.3 Å². The first-order valence-corrected chi connectivity index (χ1v) is 9.40. The molecule has 3 rings (SSSR count). The third kappa shape index (κ3) is 4.86. The smallest absolute Gasteiger partial charge is 0.137 e. The van der Waals surface area contributed by atoms with Gasteiger partial charge in [-0.15, -0.1) is 0 Å². The summed E-state index contributed by atoms with van der Waals surface area (Å²) in [7, 11) is 1.64. The van der Waals surface area contributed by atoms with E-state index in [-0.39, 0.29) is 0 Å². The first kappa shape index (κ1) is 17.5. The average molecular weight is 333 g/mol. The third-order valence-electron chi connectivity index (χ3n) is 5.23. The molecule has 0 spiro atoms. The molecule has 1 aromatic heterocycles. The Bertz CT molecular complexity index is 713. The van der Waals surface area contributed by atoms with Crippen molar-refractivity contribution in [2.24, 2.45) is 5.92 Å². The molecular formula is C23H27NO. The lowest BCUT2D eigenvalue weighted by Gasteiger charge is -2.28. The van der Waals surface area contributed by atoms with Crippen molar-refractivity contribution in [2.45, 2.75) is 51.4 Å². The maximum Gasteiger partial charge on any atom is 0.137 e. The van der Waals surface area contributed by atoms with E-state index in [2.05, 4.69) is 48.0 Å². The Labute approximate surface area is 151 Å². The molecule has 2 nitrogen and oxygen atoms in total. The fourth-order valence-corrected chi connectivity index (χ4v) is 3.74. The van der Waals surface area contributed by atoms with E-state index in [9.17, 15) is 0 Å². The molecule has 0 atom stereocenters. The second-order valence-electron chi connectivity index (χ2n) is 6.96. The lowest BCUT2D eigenvalue weighted by Crippen LogP contribution is -2.13. The van der Waals surface area contributed by atoms with E-state index < -0.39 is 0 Å². The summed E-state index contributed by atoms with van der Waals surface area (Å²) in [6.07, 6.45) is 9.89. The molecule has 0 radical (unpaired) electrons. The summed E-state index contributed by atoms with van der Waals surface area (Å²) in [5, 5.41) is 0. The van der Waals surface area contributed by atoms with Crippen molar-refractivity contribution in [3.05, 3.63) is 59.4 Å². The summed E-state index contributed by atoms with van der Waals surface area (Å²) >= 11 is 0. The molecule has 130 valence electrons. The van der Waals surface area contributed by atoms with E-state index in [0.717, 1.165) is 28.8 Å². The van der Waals surface area contributed by atoms with E-state index in [1.54, 1.807) is 13.3 Å². The minimum Gasteiger partial charge on any atom is -0.495 e. The number of nitrogens with zero attached hydrogens (tertiary/aromatic N) is 1. The van der Waals surface area contributed by atoms with Crippen molar-refractivity contribution in [1.29, 1.82) is 0 Å². The van der Waals surface area contributed by atoms with Crippen molar-refractivity contribution in [2.75, 3.05) is 7.11 Å². The van der Waals surface area contributed by atoms with Gasteiger partial charge in [0.25, 0.3) is 0 Å². The molecule has 0 N–H and O–H groups in total. The van der Waals surface area contributed by atoms with E-state index in [0.29, 0.717) is 0 Å². The van der Waals surface area contributed by atoms with Crippen molar-refractivity contribution in [3.63, 3.8) is 0 Å². The van der Waals surface area contributed by atoms with Gasteiger partial charge in [0, 0.05) is 5.56 Å². The zero-order chi connectivity index (χ0) is 17.5. The lowest BCUT2D eigenvalue weighted by atomic mass is 9.77. The standard InChI is InChI=1S/C23H27NO/c1-3-4-18-5-10-20(11-6-18)21-12-7-19(8-13-21)9-14-22-15-16-23(25-2)17-24-22/h7-8,12-13,15-18,20H,3-6,10-11H2,1-2H3. The van der Waals surface area contributed by atoms with Crippen LogP contribution in [0, 0.1) is 17.8 Å². The Balaban J connectivity index is 1.60. The highest BCUT2D eigenvalue weighted by Gasteiger charge is 2.21. The maximum atomic E-state index is 5.11. The van der Waals surface area contributed by atoms with Crippen molar-refractivity contribution < 1.29 is 4.74 Å². The van der Waals surface area contributed by atoms with E-state index >= 15 is 0 Å². The van der Waals surface area contributed by atoms with Gasteiger partial charge in [-0.3, -0.25) is 0 Å². The second kappa shape index (κ2) is 8.72. The molecule has 0 unspecified atom stereocenters. The number of rotatable bonds is 4. The Morgan fingerprint density at radius 1 is 1.00 bits per heavy atom. The molecule has 1 heterocycles. The van der Waals surface area contributed by atoms with Gasteiger partial charge < -0.3 is 4.74 Å². The number of hydrogen-bond donors (Lipinski definition) is 0. The van der Waals surface area contributed by atoms with Gasteiger partial charge in [-0.1, -0.05) is 37.8 Å². The van der Waals surface area contributed by atoms with Gasteiger partial charge in [-0.05, 0) is 73.3 Å². The predicted octanol–water partition coefficient (Wildman–Crippen LogP) is 5.56. The quantitative estimate of drug-likeness (QED) is 0.683. The van der Waals surface area contributed by atoms with Crippen LogP contribution in [0.15, 0.2) is 42.6 Å². The number of benzene rings is 1. The highest BCUT2D eigenvalue weighted by atomic mass is 16.5. The van der Waals surface area contributed by atoms with Crippen LogP contribution in [0.4, 0.5) is 0 Å². The van der Waals surface area contributed by atoms with Crippen LogP contribution in [0.5, 0.6) is 5.75 Å². The minimum atomic E-state index is 0.735. The maximum absolute atomic E-state index is 5.11. The topological polar surface area (TPSA) is 22.1 Å². The highest BCUT2D eigenvalue weighted by Crippen LogP contribution is 2.37. The molecule has 1 aliphatic rings. The van der Waals surface area contributed by atoms with Crippen molar-refractivity contribution in [1.82, 2.24) is 4.98 Å². The van der Waals surface area contributed by atoms with Crippen LogP contribution in [-0.2, 0) is 0 Å². The van der Waals surface area contributed by atoms with Crippen LogP contribution < -0.4 is 4.74 Å². The Kier molecular flexibility index (Phi) is 6.12. The molecule has 25 heavy (non-hydrogen) atoms. The SMILES string of the molecule is CCCC1CCC(c2ccc(C#Cc3ccc(OC)cn3)cc2)CC1. The summed E-state index contributed by atoms with van der Waals surface area (Å²) in [5.41, 5.74) is 3.28. The van der Waals surface area contributed by atoms with Crippen LogP contribution in [-0.4, -0.2) is 12.1 Å². The molecule has 0 saturated heterocycles. The first-order valence-electron chi connectivity index (χ1n) is 9.40. The molecule has 0 amide bonds. The zero-order valence-corrected chi connectivity index (χ0v) is 15.3. The van der Waals surface area contributed by atoms with Crippen LogP contribution in [0.1, 0.15) is 68.2 Å². The largest absolute Gasteiger partial charge is 0.495 e. The fourth-order valence-electron chi connectivity index (χ4n) is 3.74. The van der Waals surface area contributed by atoms with Crippen LogP contribution in [0.2, 0.25) is 0 Å². The monoisotopic (exact) mass is 333 g/mol. The van der Waals surface area contributed by atoms with Gasteiger partial charge in [0.1, 0.15) is 11.4 Å². The molecule has 2 aromatic rings. The summed E-state index contributed by atoms with van der Waals surface area (Å²) < 4.78 is 5.11. The summed E-state index contributed by atoms with van der Waals surface area (Å²) in [4.78, 5) is 4.28. The molecule has 1 aliphatic carbocycles. The second-order valence-corrected chi connectivity index (χ2v) is 6.96. The van der Waals surface area contributed by atoms with Gasteiger partial charge >= 0.3 is 0 Å². The number of pyridine rings is 1. The van der Waals surface area contributed by atoms with Crippen LogP contribution >= 0.6 is 0 Å². The van der Waals surface area contributed by atoms with Gasteiger partial charge in [0.15, 0.2) is 0 Å². The summed E-state index contributed by atoms with van der Waals surface area (Å²) in [6, 6.07) is 12.6. The van der Waals surface area contributed by atoms with Gasteiger partial charge in [-0.25, -0.2) is 4.98 Å². The molecule has 0 aliphatic heterocycles. The van der Waals surface area contributed by atoms with Gasteiger partial charge in [-0.2, -0.15) is 0 Å². The summed E-state index contributed by atoms with van der Waals surface area (Å²) in [6.45, 7) is 2.30. The van der Waals surface area contributed by atoms with Crippen LogP contribution in [0.25, 0.3) is 0 Å². The normalized spacial score (nSPS) is 19.8. The van der Waals surface area contributed by atoms with Crippen LogP contribution in [0.3, 0.4) is 0 Å². The Morgan fingerprint density at radius 3 is 2.36 bits per heavy atom. The molecule has 0 bridgehead atoms. The van der Waals surface area contributed by atoms with E-state index in [1.807, 2.05) is 12.1 Å². The molecule has 1 saturated carbocycles. The summed E-state index contributed by atoms with van der Waals surface area (Å²) in [5.74, 6) is 8.76. The number of ether oxygens (including phenoxy) is 1. The predicted molar refractivity (Wildman–Crippen MR) is 103 cm³/mol. The first-order chi connectivity index (χ1) is 12.3. The molecular weight excluding hydrogens is 306 g/mol. The zero-order valence-electron chi connectivity index (χ0n) is 15.3. The fraction of sp³-hybridized carbons (Fsp3) is 0.435. The lowest BCUT2D eigenvalue weighted by molar-refractivity contribution is 0.308. The number of hydrogen-bond acceptors (Lipinski definition) is 2. The van der Waals surface area contributed by atoms with Crippen molar-refractivity contribution >= 4 is 0 Å².